The molecular weight excluding hydrogens is 308 g/mol. The number of hydrogen-bond donors (Lipinski definition) is 3. The first-order valence-electron chi connectivity index (χ1n) is 7.86. The molecule has 0 saturated heterocycles. The average Bonchev–Trinajstić information content (AvgIpc) is 3.40. The summed E-state index contributed by atoms with van der Waals surface area (Å²) in [6, 6.07) is 10.1. The van der Waals surface area contributed by atoms with Gasteiger partial charge in [-0.15, -0.1) is 11.8 Å². The molecule has 0 spiro atoms. The van der Waals surface area contributed by atoms with Crippen LogP contribution in [-0.2, 0) is 0 Å². The first-order valence-corrected chi connectivity index (χ1v) is 9.08. The summed E-state index contributed by atoms with van der Waals surface area (Å²) in [7, 11) is 0. The number of para-hydroxylation sites is 1. The monoisotopic (exact) mass is 330 g/mol. The van der Waals surface area contributed by atoms with Crippen molar-refractivity contribution in [1.82, 2.24) is 9.97 Å². The molecule has 1 aliphatic carbocycles. The van der Waals surface area contributed by atoms with Crippen LogP contribution in [0.4, 0.5) is 17.5 Å². The number of anilines is 3. The summed E-state index contributed by atoms with van der Waals surface area (Å²) in [5.74, 6) is 1.90. The molecule has 5 nitrogen and oxygen atoms in total. The molecule has 0 amide bonds. The first kappa shape index (κ1) is 16.1. The highest BCUT2D eigenvalue weighted by molar-refractivity contribution is 7.98. The van der Waals surface area contributed by atoms with Crippen LogP contribution in [0, 0.1) is 0 Å². The van der Waals surface area contributed by atoms with Gasteiger partial charge in [0.25, 0.3) is 0 Å². The second kappa shape index (κ2) is 7.19. The lowest BCUT2D eigenvalue weighted by Gasteiger charge is -2.15. The number of aliphatic hydroxyl groups excluding tert-OH is 1. The molecule has 0 bridgehead atoms. The second-order valence-electron chi connectivity index (χ2n) is 5.83. The van der Waals surface area contributed by atoms with E-state index in [1.165, 1.54) is 17.7 Å². The molecule has 1 aromatic heterocycles. The van der Waals surface area contributed by atoms with Gasteiger partial charge in [0, 0.05) is 22.9 Å². The molecular formula is C17H22N4OS. The third kappa shape index (κ3) is 4.14. The highest BCUT2D eigenvalue weighted by atomic mass is 32.2. The molecule has 0 unspecified atom stereocenters. The van der Waals surface area contributed by atoms with E-state index in [1.807, 2.05) is 31.2 Å². The zero-order valence-corrected chi connectivity index (χ0v) is 14.2. The zero-order chi connectivity index (χ0) is 16.2. The molecule has 1 fully saturated rings. The fourth-order valence-electron chi connectivity index (χ4n) is 2.33. The van der Waals surface area contributed by atoms with Gasteiger partial charge in [0.2, 0.25) is 5.95 Å². The van der Waals surface area contributed by atoms with Crippen LogP contribution >= 0.6 is 11.8 Å². The van der Waals surface area contributed by atoms with Gasteiger partial charge in [0.05, 0.1) is 18.0 Å². The molecule has 1 aromatic carbocycles. The summed E-state index contributed by atoms with van der Waals surface area (Å²) >= 11 is 1.70. The summed E-state index contributed by atoms with van der Waals surface area (Å²) < 4.78 is 0. The molecule has 0 radical (unpaired) electrons. The van der Waals surface area contributed by atoms with Crippen molar-refractivity contribution in [2.45, 2.75) is 36.6 Å². The maximum atomic E-state index is 9.22. The van der Waals surface area contributed by atoms with Gasteiger partial charge in [0.1, 0.15) is 5.82 Å². The van der Waals surface area contributed by atoms with Crippen molar-refractivity contribution in [2.75, 3.05) is 23.5 Å². The van der Waals surface area contributed by atoms with Crippen LogP contribution in [0.25, 0.3) is 0 Å². The number of nitrogens with zero attached hydrogens (tertiary/aromatic N) is 2. The van der Waals surface area contributed by atoms with E-state index in [0.29, 0.717) is 11.9 Å². The maximum Gasteiger partial charge on any atom is 0.225 e. The molecule has 1 heterocycles. The van der Waals surface area contributed by atoms with Crippen molar-refractivity contribution >= 4 is 29.2 Å². The normalized spacial score (nSPS) is 15.3. The molecule has 0 aliphatic heterocycles. The predicted molar refractivity (Wildman–Crippen MR) is 95.7 cm³/mol. The van der Waals surface area contributed by atoms with Crippen molar-refractivity contribution in [3.63, 3.8) is 0 Å². The van der Waals surface area contributed by atoms with Crippen LogP contribution in [0.1, 0.15) is 31.4 Å². The molecule has 3 N–H and O–H groups in total. The van der Waals surface area contributed by atoms with Crippen molar-refractivity contribution in [3.05, 3.63) is 36.0 Å². The quantitative estimate of drug-likeness (QED) is 0.674. The standard InChI is InChI=1S/C17H22N4OS/c1-11(10-22)18-17-20-14(12-7-8-12)9-16(21-17)19-13-5-3-4-6-15(13)23-2/h3-6,9,11-12,22H,7-8,10H2,1-2H3,(H2,18,19,20,21)/t11-/m1/s1. The Bertz CT molecular complexity index is 675. The minimum atomic E-state index is -0.0733. The number of aromatic nitrogens is 2. The number of nitrogens with one attached hydrogen (secondary N) is 2. The van der Waals surface area contributed by atoms with Gasteiger partial charge in [-0.05, 0) is 38.2 Å². The van der Waals surface area contributed by atoms with Crippen LogP contribution < -0.4 is 10.6 Å². The molecule has 3 rings (SSSR count). The SMILES string of the molecule is CSc1ccccc1Nc1cc(C2CC2)nc(N[C@H](C)CO)n1. The van der Waals surface area contributed by atoms with Crippen LogP contribution in [0.5, 0.6) is 0 Å². The average molecular weight is 330 g/mol. The Morgan fingerprint density at radius 3 is 2.78 bits per heavy atom. The van der Waals surface area contributed by atoms with E-state index < -0.39 is 0 Å². The highest BCUT2D eigenvalue weighted by Crippen LogP contribution is 2.40. The van der Waals surface area contributed by atoms with E-state index in [0.717, 1.165) is 17.2 Å². The van der Waals surface area contributed by atoms with Gasteiger partial charge < -0.3 is 15.7 Å². The van der Waals surface area contributed by atoms with Crippen molar-refractivity contribution in [3.8, 4) is 0 Å². The largest absolute Gasteiger partial charge is 0.394 e. The predicted octanol–water partition coefficient (Wildman–Crippen LogP) is 3.61. The summed E-state index contributed by atoms with van der Waals surface area (Å²) in [4.78, 5) is 10.3. The van der Waals surface area contributed by atoms with Crippen molar-refractivity contribution in [1.29, 1.82) is 0 Å². The van der Waals surface area contributed by atoms with E-state index in [1.54, 1.807) is 11.8 Å². The summed E-state index contributed by atoms with van der Waals surface area (Å²) in [5, 5.41) is 15.8. The number of benzene rings is 1. The zero-order valence-electron chi connectivity index (χ0n) is 13.4. The van der Waals surface area contributed by atoms with Gasteiger partial charge in [-0.3, -0.25) is 0 Å². The van der Waals surface area contributed by atoms with E-state index in [4.69, 9.17) is 0 Å². The Morgan fingerprint density at radius 1 is 1.30 bits per heavy atom. The minimum Gasteiger partial charge on any atom is -0.394 e. The minimum absolute atomic E-state index is 0.0507. The van der Waals surface area contributed by atoms with Crippen molar-refractivity contribution < 1.29 is 5.11 Å². The Kier molecular flexibility index (Phi) is 5.03. The fraction of sp³-hybridized carbons (Fsp3) is 0.412. The second-order valence-corrected chi connectivity index (χ2v) is 6.68. The molecule has 1 atom stereocenters. The Balaban J connectivity index is 1.88. The van der Waals surface area contributed by atoms with Crippen LogP contribution in [-0.4, -0.2) is 34.0 Å². The van der Waals surface area contributed by atoms with Gasteiger partial charge >= 0.3 is 0 Å². The summed E-state index contributed by atoms with van der Waals surface area (Å²) in [6.07, 6.45) is 4.44. The van der Waals surface area contributed by atoms with Crippen molar-refractivity contribution in [2.24, 2.45) is 0 Å². The molecule has 1 aliphatic rings. The molecule has 1 saturated carbocycles. The van der Waals surface area contributed by atoms with E-state index >= 15 is 0 Å². The first-order chi connectivity index (χ1) is 11.2. The number of rotatable bonds is 7. The van der Waals surface area contributed by atoms with Gasteiger partial charge in [-0.2, -0.15) is 4.98 Å². The number of aliphatic hydroxyl groups is 1. The van der Waals surface area contributed by atoms with Gasteiger partial charge in [0.15, 0.2) is 0 Å². The lowest BCUT2D eigenvalue weighted by Crippen LogP contribution is -2.21. The number of thioether (sulfide) groups is 1. The smallest absolute Gasteiger partial charge is 0.225 e. The van der Waals surface area contributed by atoms with Gasteiger partial charge in [-0.1, -0.05) is 12.1 Å². The Hall–Kier alpha value is -1.79. The van der Waals surface area contributed by atoms with E-state index in [9.17, 15) is 5.11 Å². The third-order valence-corrected chi connectivity index (χ3v) is 4.56. The Labute approximate surface area is 140 Å². The summed E-state index contributed by atoms with van der Waals surface area (Å²) in [5.41, 5.74) is 2.11. The van der Waals surface area contributed by atoms with E-state index in [-0.39, 0.29) is 12.6 Å². The lowest BCUT2D eigenvalue weighted by molar-refractivity contribution is 0.281. The van der Waals surface area contributed by atoms with Crippen LogP contribution in [0.2, 0.25) is 0 Å². The van der Waals surface area contributed by atoms with E-state index in [2.05, 4.69) is 32.9 Å². The molecule has 2 aromatic rings. The molecule has 23 heavy (non-hydrogen) atoms. The maximum absolute atomic E-state index is 9.22. The molecule has 6 heteroatoms. The topological polar surface area (TPSA) is 70.1 Å². The highest BCUT2D eigenvalue weighted by Gasteiger charge is 2.26. The van der Waals surface area contributed by atoms with Crippen LogP contribution in [0.3, 0.4) is 0 Å². The fourth-order valence-corrected chi connectivity index (χ4v) is 2.89. The molecule has 122 valence electrons. The van der Waals surface area contributed by atoms with Gasteiger partial charge in [-0.25, -0.2) is 4.98 Å². The lowest BCUT2D eigenvalue weighted by atomic mass is 10.2. The third-order valence-electron chi connectivity index (χ3n) is 3.76. The Morgan fingerprint density at radius 2 is 2.09 bits per heavy atom. The number of hydrogen-bond acceptors (Lipinski definition) is 6. The summed E-state index contributed by atoms with van der Waals surface area (Å²) in [6.45, 7) is 1.96. The van der Waals surface area contributed by atoms with Crippen LogP contribution in [0.15, 0.2) is 35.2 Å².